The Labute approximate surface area is 100 Å². The Morgan fingerprint density at radius 3 is 2.87 bits per heavy atom. The maximum atomic E-state index is 5.89. The molecular weight excluding hydrogens is 231 g/mol. The van der Waals surface area contributed by atoms with Gasteiger partial charge in [-0.3, -0.25) is 0 Å². The zero-order valence-corrected chi connectivity index (χ0v) is 10.0. The molecule has 1 nitrogen and oxygen atoms in total. The summed E-state index contributed by atoms with van der Waals surface area (Å²) >= 11 is 11.4. The summed E-state index contributed by atoms with van der Waals surface area (Å²) in [6.45, 7) is 0. The van der Waals surface area contributed by atoms with Crippen molar-refractivity contribution in [3.63, 3.8) is 0 Å². The van der Waals surface area contributed by atoms with Crippen LogP contribution in [0.4, 0.5) is 0 Å². The smallest absolute Gasteiger partial charge is 0.138 e. The van der Waals surface area contributed by atoms with Gasteiger partial charge >= 0.3 is 0 Å². The van der Waals surface area contributed by atoms with Gasteiger partial charge in [-0.1, -0.05) is 23.4 Å². The van der Waals surface area contributed by atoms with Gasteiger partial charge in [0.1, 0.15) is 5.75 Å². The molecule has 0 aliphatic heterocycles. The highest BCUT2D eigenvalue weighted by Gasteiger charge is 1.99. The summed E-state index contributed by atoms with van der Waals surface area (Å²) in [6, 6.07) is 5.49. The average Bonchev–Trinajstić information content (AvgIpc) is 2.26. The Hall–Kier alpha value is -0.840. The fourth-order valence-corrected chi connectivity index (χ4v) is 1.39. The lowest BCUT2D eigenvalue weighted by molar-refractivity contribution is 0.415. The first-order valence-corrected chi connectivity index (χ1v) is 5.57. The number of alkyl halides is 1. The van der Waals surface area contributed by atoms with Crippen LogP contribution in [0.3, 0.4) is 0 Å². The molecule has 0 atom stereocenters. The number of benzene rings is 1. The molecule has 0 N–H and O–H groups in total. The quantitative estimate of drug-likeness (QED) is 0.446. The van der Waals surface area contributed by atoms with Crippen LogP contribution in [0, 0.1) is 11.8 Å². The first kappa shape index (κ1) is 12.2. The third-order valence-corrected chi connectivity index (χ3v) is 2.40. The molecule has 3 heteroatoms. The maximum Gasteiger partial charge on any atom is 0.138 e. The number of rotatable bonds is 3. The Balaban J connectivity index is 2.72. The molecule has 80 valence electrons. The van der Waals surface area contributed by atoms with Crippen LogP contribution in [-0.4, -0.2) is 13.0 Å². The first-order valence-electron chi connectivity index (χ1n) is 4.66. The topological polar surface area (TPSA) is 9.23 Å². The predicted octanol–water partition coefficient (Wildman–Crippen LogP) is 3.72. The van der Waals surface area contributed by atoms with Crippen molar-refractivity contribution >= 4 is 23.2 Å². The van der Waals surface area contributed by atoms with E-state index in [0.717, 1.165) is 18.4 Å². The second-order valence-corrected chi connectivity index (χ2v) is 3.73. The van der Waals surface area contributed by atoms with Crippen LogP contribution in [0.2, 0.25) is 5.02 Å². The summed E-state index contributed by atoms with van der Waals surface area (Å²) in [5, 5.41) is 0.601. The van der Waals surface area contributed by atoms with Crippen molar-refractivity contribution in [2.75, 3.05) is 13.0 Å². The van der Waals surface area contributed by atoms with Gasteiger partial charge in [-0.2, -0.15) is 0 Å². The van der Waals surface area contributed by atoms with E-state index in [0.29, 0.717) is 16.7 Å². The Morgan fingerprint density at radius 2 is 2.20 bits per heavy atom. The van der Waals surface area contributed by atoms with E-state index in [9.17, 15) is 0 Å². The highest BCUT2D eigenvalue weighted by Crippen LogP contribution is 2.24. The van der Waals surface area contributed by atoms with Crippen LogP contribution in [-0.2, 0) is 0 Å². The third-order valence-electron chi connectivity index (χ3n) is 1.82. The normalized spacial score (nSPS) is 9.27. The molecule has 0 fully saturated rings. The molecule has 1 aromatic rings. The van der Waals surface area contributed by atoms with E-state index < -0.39 is 0 Å². The van der Waals surface area contributed by atoms with Crippen molar-refractivity contribution in [3.05, 3.63) is 28.8 Å². The van der Waals surface area contributed by atoms with Crippen molar-refractivity contribution in [1.29, 1.82) is 0 Å². The number of ether oxygens (including phenoxy) is 1. The van der Waals surface area contributed by atoms with Crippen LogP contribution < -0.4 is 4.74 Å². The summed E-state index contributed by atoms with van der Waals surface area (Å²) in [4.78, 5) is 0. The van der Waals surface area contributed by atoms with Crippen molar-refractivity contribution in [2.45, 2.75) is 12.8 Å². The van der Waals surface area contributed by atoms with Gasteiger partial charge in [0.2, 0.25) is 0 Å². The van der Waals surface area contributed by atoms with Crippen molar-refractivity contribution < 1.29 is 4.74 Å². The highest BCUT2D eigenvalue weighted by atomic mass is 35.5. The van der Waals surface area contributed by atoms with Crippen LogP contribution in [0.1, 0.15) is 18.4 Å². The van der Waals surface area contributed by atoms with Gasteiger partial charge in [0.05, 0.1) is 12.1 Å². The standard InChI is InChI=1S/C12H12Cl2O/c1-15-12-9-10(6-7-11(12)14)5-3-2-4-8-13/h6-7,9H,2,4,8H2,1H3. The first-order chi connectivity index (χ1) is 7.27. The molecule has 0 aliphatic carbocycles. The SMILES string of the molecule is COc1cc(C#CCCCCl)ccc1Cl. The molecule has 0 radical (unpaired) electrons. The molecule has 1 aromatic carbocycles. The van der Waals surface area contributed by atoms with Gasteiger partial charge < -0.3 is 4.74 Å². The van der Waals surface area contributed by atoms with Crippen molar-refractivity contribution in [3.8, 4) is 17.6 Å². The molecule has 0 bridgehead atoms. The molecule has 0 aromatic heterocycles. The predicted molar refractivity (Wildman–Crippen MR) is 64.8 cm³/mol. The summed E-state index contributed by atoms with van der Waals surface area (Å²) in [7, 11) is 1.59. The van der Waals surface area contributed by atoms with E-state index in [4.69, 9.17) is 27.9 Å². The largest absolute Gasteiger partial charge is 0.495 e. The molecule has 0 saturated carbocycles. The summed E-state index contributed by atoms with van der Waals surface area (Å²) < 4.78 is 5.09. The lowest BCUT2D eigenvalue weighted by Crippen LogP contribution is -1.85. The highest BCUT2D eigenvalue weighted by molar-refractivity contribution is 6.32. The van der Waals surface area contributed by atoms with Crippen molar-refractivity contribution in [2.24, 2.45) is 0 Å². The molecule has 0 saturated heterocycles. The molecule has 0 spiro atoms. The van der Waals surface area contributed by atoms with E-state index in [1.54, 1.807) is 13.2 Å². The maximum absolute atomic E-state index is 5.89. The molecule has 0 heterocycles. The third kappa shape index (κ3) is 4.03. The van der Waals surface area contributed by atoms with E-state index in [2.05, 4.69) is 11.8 Å². The average molecular weight is 243 g/mol. The van der Waals surface area contributed by atoms with E-state index in [1.807, 2.05) is 12.1 Å². The molecule has 0 amide bonds. The van der Waals surface area contributed by atoms with Crippen LogP contribution in [0.25, 0.3) is 0 Å². The lowest BCUT2D eigenvalue weighted by Gasteiger charge is -2.01. The van der Waals surface area contributed by atoms with E-state index in [-0.39, 0.29) is 0 Å². The number of methoxy groups -OCH3 is 1. The Kier molecular flexibility index (Phi) is 5.39. The minimum Gasteiger partial charge on any atom is -0.495 e. The van der Waals surface area contributed by atoms with Crippen LogP contribution in [0.15, 0.2) is 18.2 Å². The monoisotopic (exact) mass is 242 g/mol. The lowest BCUT2D eigenvalue weighted by atomic mass is 10.2. The minimum atomic E-state index is 0.601. The zero-order chi connectivity index (χ0) is 11.1. The Morgan fingerprint density at radius 1 is 1.40 bits per heavy atom. The van der Waals surface area contributed by atoms with E-state index >= 15 is 0 Å². The van der Waals surface area contributed by atoms with Crippen molar-refractivity contribution in [1.82, 2.24) is 0 Å². The van der Waals surface area contributed by atoms with Gasteiger partial charge in [-0.25, -0.2) is 0 Å². The molecule has 0 unspecified atom stereocenters. The summed E-state index contributed by atoms with van der Waals surface area (Å²) in [5.74, 6) is 7.38. The number of unbranched alkanes of at least 4 members (excludes halogenated alkanes) is 1. The number of hydrogen-bond acceptors (Lipinski definition) is 1. The van der Waals surface area contributed by atoms with Gasteiger partial charge in [-0.05, 0) is 24.6 Å². The second-order valence-electron chi connectivity index (χ2n) is 2.94. The van der Waals surface area contributed by atoms with Gasteiger partial charge in [0, 0.05) is 17.9 Å². The zero-order valence-electron chi connectivity index (χ0n) is 8.52. The Bertz CT molecular complexity index is 377. The van der Waals surface area contributed by atoms with Gasteiger partial charge in [0.25, 0.3) is 0 Å². The summed E-state index contributed by atoms with van der Waals surface area (Å²) in [6.07, 6.45) is 1.73. The van der Waals surface area contributed by atoms with Crippen LogP contribution in [0.5, 0.6) is 5.75 Å². The van der Waals surface area contributed by atoms with E-state index in [1.165, 1.54) is 0 Å². The van der Waals surface area contributed by atoms with Gasteiger partial charge in [0.15, 0.2) is 0 Å². The van der Waals surface area contributed by atoms with Gasteiger partial charge in [-0.15, -0.1) is 11.6 Å². The second kappa shape index (κ2) is 6.61. The number of halogens is 2. The van der Waals surface area contributed by atoms with Crippen LogP contribution >= 0.6 is 23.2 Å². The molecule has 0 aliphatic rings. The number of hydrogen-bond donors (Lipinski definition) is 0. The molecular formula is C12H12Cl2O. The minimum absolute atomic E-state index is 0.601. The fraction of sp³-hybridized carbons (Fsp3) is 0.333. The molecule has 15 heavy (non-hydrogen) atoms. The molecule has 1 rings (SSSR count). The summed E-state index contributed by atoms with van der Waals surface area (Å²) in [5.41, 5.74) is 0.908. The fourth-order valence-electron chi connectivity index (χ4n) is 1.06.